The molecule has 2 rings (SSSR count). The van der Waals surface area contributed by atoms with Crippen molar-refractivity contribution in [2.24, 2.45) is 0 Å². The van der Waals surface area contributed by atoms with E-state index in [0.717, 1.165) is 35.5 Å². The molecular formula is C13H15Cl2N3. The summed E-state index contributed by atoms with van der Waals surface area (Å²) in [6.45, 7) is 4.12. The van der Waals surface area contributed by atoms with Crippen LogP contribution in [0.25, 0.3) is 5.82 Å². The summed E-state index contributed by atoms with van der Waals surface area (Å²) in [6.07, 6.45) is 3.64. The maximum Gasteiger partial charge on any atom is 0.155 e. The minimum Gasteiger partial charge on any atom is -0.237 e. The van der Waals surface area contributed by atoms with Gasteiger partial charge in [0.15, 0.2) is 5.82 Å². The van der Waals surface area contributed by atoms with Crippen molar-refractivity contribution < 1.29 is 0 Å². The van der Waals surface area contributed by atoms with E-state index in [9.17, 15) is 0 Å². The number of aromatic nitrogens is 3. The lowest BCUT2D eigenvalue weighted by atomic mass is 10.2. The number of rotatable bonds is 4. The molecule has 0 saturated carbocycles. The predicted octanol–water partition coefficient (Wildman–Crippen LogP) is 3.92. The number of halogens is 2. The Bertz CT molecular complexity index is 549. The molecule has 0 amide bonds. The molecule has 18 heavy (non-hydrogen) atoms. The fourth-order valence-corrected chi connectivity index (χ4v) is 2.48. The molecule has 5 heteroatoms. The molecule has 0 aromatic carbocycles. The molecule has 0 radical (unpaired) electrons. The zero-order chi connectivity index (χ0) is 13.1. The van der Waals surface area contributed by atoms with E-state index >= 15 is 0 Å². The van der Waals surface area contributed by atoms with Crippen LogP contribution >= 0.6 is 23.2 Å². The molecule has 0 N–H and O–H groups in total. The number of hydrogen-bond acceptors (Lipinski definition) is 2. The molecule has 0 aliphatic rings. The first-order valence-corrected chi connectivity index (χ1v) is 6.83. The molecule has 3 nitrogen and oxygen atoms in total. The van der Waals surface area contributed by atoms with Gasteiger partial charge in [0.05, 0.1) is 11.6 Å². The Hall–Kier alpha value is -1.06. The average molecular weight is 284 g/mol. The molecule has 2 heterocycles. The Labute approximate surface area is 117 Å². The third-order valence-corrected chi connectivity index (χ3v) is 3.40. The van der Waals surface area contributed by atoms with Gasteiger partial charge < -0.3 is 0 Å². The standard InChI is InChI=1S/C13H15Cl2N3/c1-3-4-11-10(8-14)13(15)18(17-11)12-7-9(2)5-6-16-12/h5-7H,3-4,8H2,1-2H3. The summed E-state index contributed by atoms with van der Waals surface area (Å²) < 4.78 is 1.66. The van der Waals surface area contributed by atoms with Crippen LogP contribution in [-0.4, -0.2) is 14.8 Å². The summed E-state index contributed by atoms with van der Waals surface area (Å²) in [4.78, 5) is 4.29. The highest BCUT2D eigenvalue weighted by molar-refractivity contribution is 6.31. The minimum atomic E-state index is 0.375. The first kappa shape index (κ1) is 13.4. The van der Waals surface area contributed by atoms with Crippen LogP contribution in [0, 0.1) is 6.92 Å². The first-order valence-electron chi connectivity index (χ1n) is 5.92. The zero-order valence-corrected chi connectivity index (χ0v) is 12.0. The van der Waals surface area contributed by atoms with Crippen LogP contribution in [0.2, 0.25) is 5.15 Å². The van der Waals surface area contributed by atoms with Gasteiger partial charge in [0.25, 0.3) is 0 Å². The van der Waals surface area contributed by atoms with Crippen molar-refractivity contribution >= 4 is 23.2 Å². The lowest BCUT2D eigenvalue weighted by molar-refractivity contribution is 0.789. The number of alkyl halides is 1. The monoisotopic (exact) mass is 283 g/mol. The van der Waals surface area contributed by atoms with Gasteiger partial charge in [0, 0.05) is 11.8 Å². The molecular weight excluding hydrogens is 269 g/mol. The lowest BCUT2D eigenvalue weighted by Gasteiger charge is -2.02. The summed E-state index contributed by atoms with van der Waals surface area (Å²) in [6, 6.07) is 3.89. The maximum atomic E-state index is 6.33. The van der Waals surface area contributed by atoms with E-state index < -0.39 is 0 Å². The smallest absolute Gasteiger partial charge is 0.155 e. The van der Waals surface area contributed by atoms with E-state index in [0.29, 0.717) is 11.0 Å². The molecule has 0 aliphatic heterocycles. The largest absolute Gasteiger partial charge is 0.237 e. The molecule has 2 aromatic heterocycles. The Kier molecular flexibility index (Phi) is 4.25. The maximum absolute atomic E-state index is 6.33. The van der Waals surface area contributed by atoms with Gasteiger partial charge >= 0.3 is 0 Å². The van der Waals surface area contributed by atoms with E-state index in [1.165, 1.54) is 0 Å². The Morgan fingerprint density at radius 1 is 1.39 bits per heavy atom. The number of hydrogen-bond donors (Lipinski definition) is 0. The topological polar surface area (TPSA) is 30.7 Å². The second kappa shape index (κ2) is 5.72. The Balaban J connectivity index is 2.51. The van der Waals surface area contributed by atoms with Gasteiger partial charge in [0.1, 0.15) is 5.15 Å². The van der Waals surface area contributed by atoms with Crippen molar-refractivity contribution in [2.75, 3.05) is 0 Å². The van der Waals surface area contributed by atoms with Gasteiger partial charge in [-0.1, -0.05) is 24.9 Å². The second-order valence-electron chi connectivity index (χ2n) is 4.20. The average Bonchev–Trinajstić information content (AvgIpc) is 2.66. The lowest BCUT2D eigenvalue weighted by Crippen LogP contribution is -2.00. The third kappa shape index (κ3) is 2.52. The highest BCUT2D eigenvalue weighted by atomic mass is 35.5. The summed E-state index contributed by atoms with van der Waals surface area (Å²) >= 11 is 12.3. The van der Waals surface area contributed by atoms with E-state index in [-0.39, 0.29) is 0 Å². The summed E-state index contributed by atoms with van der Waals surface area (Å²) in [5, 5.41) is 5.08. The van der Waals surface area contributed by atoms with Gasteiger partial charge in [-0.15, -0.1) is 11.6 Å². The summed E-state index contributed by atoms with van der Waals surface area (Å²) in [5.74, 6) is 1.11. The number of aryl methyl sites for hydroxylation is 2. The zero-order valence-electron chi connectivity index (χ0n) is 10.5. The molecule has 0 bridgehead atoms. The molecule has 0 fully saturated rings. The van der Waals surface area contributed by atoms with Crippen molar-refractivity contribution in [1.82, 2.24) is 14.8 Å². The van der Waals surface area contributed by atoms with Crippen LogP contribution in [0.4, 0.5) is 0 Å². The van der Waals surface area contributed by atoms with Crippen LogP contribution in [0.3, 0.4) is 0 Å². The quantitative estimate of drug-likeness (QED) is 0.797. The van der Waals surface area contributed by atoms with Crippen molar-refractivity contribution in [3.8, 4) is 5.82 Å². The second-order valence-corrected chi connectivity index (χ2v) is 4.83. The molecule has 0 spiro atoms. The number of nitrogens with zero attached hydrogens (tertiary/aromatic N) is 3. The third-order valence-electron chi connectivity index (χ3n) is 2.74. The van der Waals surface area contributed by atoms with Gasteiger partial charge in [-0.2, -0.15) is 5.10 Å². The molecule has 2 aromatic rings. The van der Waals surface area contributed by atoms with Crippen molar-refractivity contribution in [3.05, 3.63) is 40.3 Å². The van der Waals surface area contributed by atoms with Gasteiger partial charge in [-0.25, -0.2) is 9.67 Å². The normalized spacial score (nSPS) is 10.9. The van der Waals surface area contributed by atoms with Gasteiger partial charge in [-0.05, 0) is 31.0 Å². The first-order chi connectivity index (χ1) is 8.67. The summed E-state index contributed by atoms with van der Waals surface area (Å²) in [7, 11) is 0. The van der Waals surface area contributed by atoms with E-state index in [1.807, 2.05) is 19.1 Å². The predicted molar refractivity (Wildman–Crippen MR) is 74.7 cm³/mol. The molecule has 96 valence electrons. The molecule has 0 unspecified atom stereocenters. The fraction of sp³-hybridized carbons (Fsp3) is 0.385. The van der Waals surface area contributed by atoms with E-state index in [2.05, 4.69) is 17.0 Å². The molecule has 0 saturated heterocycles. The molecule has 0 atom stereocenters. The SMILES string of the molecule is CCCc1nn(-c2cc(C)ccn2)c(Cl)c1CCl. The highest BCUT2D eigenvalue weighted by Crippen LogP contribution is 2.25. The number of pyridine rings is 1. The van der Waals surface area contributed by atoms with E-state index in [1.54, 1.807) is 10.9 Å². The van der Waals surface area contributed by atoms with Crippen molar-refractivity contribution in [2.45, 2.75) is 32.6 Å². The highest BCUT2D eigenvalue weighted by Gasteiger charge is 2.16. The van der Waals surface area contributed by atoms with Crippen molar-refractivity contribution in [1.29, 1.82) is 0 Å². The minimum absolute atomic E-state index is 0.375. The Morgan fingerprint density at radius 3 is 2.78 bits per heavy atom. The van der Waals surface area contributed by atoms with Crippen molar-refractivity contribution in [3.63, 3.8) is 0 Å². The van der Waals surface area contributed by atoms with E-state index in [4.69, 9.17) is 23.2 Å². The van der Waals surface area contributed by atoms with Gasteiger partial charge in [-0.3, -0.25) is 0 Å². The van der Waals surface area contributed by atoms with Crippen LogP contribution in [-0.2, 0) is 12.3 Å². The van der Waals surface area contributed by atoms with Gasteiger partial charge in [0.2, 0.25) is 0 Å². The van der Waals surface area contributed by atoms with Crippen LogP contribution in [0.15, 0.2) is 18.3 Å². The van der Waals surface area contributed by atoms with Crippen LogP contribution < -0.4 is 0 Å². The summed E-state index contributed by atoms with van der Waals surface area (Å²) in [5.41, 5.74) is 2.99. The van der Waals surface area contributed by atoms with Crippen LogP contribution in [0.5, 0.6) is 0 Å². The Morgan fingerprint density at radius 2 is 2.17 bits per heavy atom. The molecule has 0 aliphatic carbocycles. The van der Waals surface area contributed by atoms with Crippen LogP contribution in [0.1, 0.15) is 30.2 Å². The fourth-order valence-electron chi connectivity index (χ4n) is 1.83.